The van der Waals surface area contributed by atoms with Crippen LogP contribution in [0.3, 0.4) is 0 Å². The predicted octanol–water partition coefficient (Wildman–Crippen LogP) is 7.76. The molecule has 0 amide bonds. The van der Waals surface area contributed by atoms with Gasteiger partial charge in [-0.15, -0.1) is 0 Å². The third kappa shape index (κ3) is 6.19. The SMILES string of the molecule is COc1cc(Br)c(CCN=P(c2ccccc2)(c2ccccc2)c2ccccc2)cc1OCc1ccccc1. The number of hydrogen-bond acceptors (Lipinski definition) is 3. The van der Waals surface area contributed by atoms with Crippen molar-refractivity contribution in [2.45, 2.75) is 13.0 Å². The van der Waals surface area contributed by atoms with Crippen LogP contribution in [0, 0.1) is 0 Å². The third-order valence-corrected chi connectivity index (χ3v) is 11.2. The summed E-state index contributed by atoms with van der Waals surface area (Å²) < 4.78 is 18.4. The van der Waals surface area contributed by atoms with Crippen LogP contribution in [0.4, 0.5) is 0 Å². The van der Waals surface area contributed by atoms with Gasteiger partial charge in [0.2, 0.25) is 0 Å². The third-order valence-electron chi connectivity index (χ3n) is 6.65. The summed E-state index contributed by atoms with van der Waals surface area (Å²) in [6, 6.07) is 46.4. The van der Waals surface area contributed by atoms with Crippen molar-refractivity contribution in [1.82, 2.24) is 0 Å². The number of rotatable bonds is 10. The van der Waals surface area contributed by atoms with Crippen LogP contribution >= 0.6 is 23.0 Å². The summed E-state index contributed by atoms with van der Waals surface area (Å²) in [5, 5.41) is 3.76. The average molecular weight is 597 g/mol. The molecule has 3 nitrogen and oxygen atoms in total. The Morgan fingerprint density at radius 2 is 1.13 bits per heavy atom. The zero-order valence-corrected chi connectivity index (χ0v) is 24.4. The number of methoxy groups -OCH3 is 1. The molecule has 0 aliphatic rings. The number of nitrogens with zero attached hydrogens (tertiary/aromatic N) is 1. The molecule has 0 fully saturated rings. The maximum atomic E-state index is 6.20. The molecule has 5 rings (SSSR count). The molecule has 0 saturated heterocycles. The normalized spacial score (nSPS) is 11.1. The van der Waals surface area contributed by atoms with Crippen molar-refractivity contribution in [3.05, 3.63) is 149 Å². The molecule has 0 bridgehead atoms. The molecule has 0 aliphatic heterocycles. The van der Waals surface area contributed by atoms with Crippen LogP contribution in [0.2, 0.25) is 0 Å². The van der Waals surface area contributed by atoms with Gasteiger partial charge in [-0.1, -0.05) is 137 Å². The van der Waals surface area contributed by atoms with E-state index in [-0.39, 0.29) is 0 Å². The molecule has 196 valence electrons. The van der Waals surface area contributed by atoms with Crippen LogP contribution in [0.1, 0.15) is 11.1 Å². The molecule has 0 aromatic heterocycles. The summed E-state index contributed by atoms with van der Waals surface area (Å²) in [5.74, 6) is 1.44. The van der Waals surface area contributed by atoms with Gasteiger partial charge in [0.15, 0.2) is 11.5 Å². The summed E-state index contributed by atoms with van der Waals surface area (Å²) in [6.45, 7) is 1.14. The molecule has 0 aliphatic carbocycles. The Morgan fingerprint density at radius 1 is 0.641 bits per heavy atom. The molecular formula is C34H31BrNO2P. The molecule has 5 heteroatoms. The minimum atomic E-state index is -2.23. The van der Waals surface area contributed by atoms with E-state index in [1.54, 1.807) is 7.11 Å². The van der Waals surface area contributed by atoms with Crippen LogP contribution in [-0.4, -0.2) is 13.7 Å². The first-order chi connectivity index (χ1) is 19.2. The van der Waals surface area contributed by atoms with E-state index in [0.29, 0.717) is 18.9 Å². The highest BCUT2D eigenvalue weighted by Gasteiger charge is 2.26. The van der Waals surface area contributed by atoms with E-state index in [2.05, 4.69) is 125 Å². The van der Waals surface area contributed by atoms with Gasteiger partial charge in [0, 0.05) is 26.9 Å². The van der Waals surface area contributed by atoms with Crippen LogP contribution in [-0.2, 0) is 13.0 Å². The lowest BCUT2D eigenvalue weighted by Gasteiger charge is -2.27. The van der Waals surface area contributed by atoms with Crippen molar-refractivity contribution in [2.24, 2.45) is 4.74 Å². The fourth-order valence-corrected chi connectivity index (χ4v) is 8.84. The van der Waals surface area contributed by atoms with Gasteiger partial charge in [0.05, 0.1) is 14.2 Å². The molecule has 5 aromatic carbocycles. The zero-order chi connectivity index (χ0) is 26.9. The second kappa shape index (κ2) is 13.0. The minimum absolute atomic E-state index is 0.479. The summed E-state index contributed by atoms with van der Waals surface area (Å²) in [5.41, 5.74) is 2.25. The Hall–Kier alpha value is -3.59. The smallest absolute Gasteiger partial charge is 0.162 e. The molecule has 0 atom stereocenters. The molecule has 0 radical (unpaired) electrons. The first-order valence-electron chi connectivity index (χ1n) is 13.0. The van der Waals surface area contributed by atoms with Gasteiger partial charge in [-0.25, -0.2) is 0 Å². The Balaban J connectivity index is 1.52. The summed E-state index contributed by atoms with van der Waals surface area (Å²) in [4.78, 5) is 0. The number of ether oxygens (including phenoxy) is 2. The topological polar surface area (TPSA) is 30.8 Å². The maximum absolute atomic E-state index is 6.20. The molecule has 0 unspecified atom stereocenters. The van der Waals surface area contributed by atoms with E-state index in [0.717, 1.165) is 27.8 Å². The van der Waals surface area contributed by atoms with E-state index >= 15 is 0 Å². The van der Waals surface area contributed by atoms with Crippen molar-refractivity contribution in [1.29, 1.82) is 0 Å². The molecule has 0 heterocycles. The van der Waals surface area contributed by atoms with Crippen molar-refractivity contribution in [3.8, 4) is 11.5 Å². The first-order valence-corrected chi connectivity index (χ1v) is 15.5. The highest BCUT2D eigenvalue weighted by Crippen LogP contribution is 2.46. The van der Waals surface area contributed by atoms with Gasteiger partial charge >= 0.3 is 0 Å². The minimum Gasteiger partial charge on any atom is -0.493 e. The van der Waals surface area contributed by atoms with Crippen molar-refractivity contribution in [3.63, 3.8) is 0 Å². The van der Waals surface area contributed by atoms with E-state index < -0.39 is 7.05 Å². The van der Waals surface area contributed by atoms with Gasteiger partial charge in [-0.3, -0.25) is 4.74 Å². The van der Waals surface area contributed by atoms with Crippen LogP contribution < -0.4 is 25.4 Å². The molecular weight excluding hydrogens is 565 g/mol. The van der Waals surface area contributed by atoms with Gasteiger partial charge in [0.1, 0.15) is 6.61 Å². The highest BCUT2D eigenvalue weighted by molar-refractivity contribution is 9.10. The molecule has 0 saturated carbocycles. The fraction of sp³-hybridized carbons (Fsp3) is 0.118. The first kappa shape index (κ1) is 27.0. The van der Waals surface area contributed by atoms with Gasteiger partial charge in [0.25, 0.3) is 0 Å². The van der Waals surface area contributed by atoms with Gasteiger partial charge in [-0.2, -0.15) is 0 Å². The van der Waals surface area contributed by atoms with Gasteiger partial charge in [-0.05, 0) is 29.7 Å². The Labute approximate surface area is 239 Å². The Morgan fingerprint density at radius 3 is 1.62 bits per heavy atom. The largest absolute Gasteiger partial charge is 0.493 e. The zero-order valence-electron chi connectivity index (χ0n) is 21.9. The van der Waals surface area contributed by atoms with Crippen molar-refractivity contribution >= 4 is 38.9 Å². The van der Waals surface area contributed by atoms with Gasteiger partial charge < -0.3 is 9.47 Å². The van der Waals surface area contributed by atoms with E-state index in [1.165, 1.54) is 15.9 Å². The Kier molecular flexibility index (Phi) is 8.98. The standard InChI is InChI=1S/C34H31BrNO2P/c1-37-33-25-32(35)28(24-34(33)38-26-27-14-6-2-7-15-27)22-23-36-39(29-16-8-3-9-17-29,30-18-10-4-11-19-30)31-20-12-5-13-21-31/h2-21,24-25H,22-23,26H2,1H3. The summed E-state index contributed by atoms with van der Waals surface area (Å²) in [7, 11) is -0.560. The fourth-order valence-electron chi connectivity index (χ4n) is 4.72. The summed E-state index contributed by atoms with van der Waals surface area (Å²) in [6.07, 6.45) is 0.764. The number of benzene rings is 5. The lowest BCUT2D eigenvalue weighted by molar-refractivity contribution is 0.284. The van der Waals surface area contributed by atoms with Crippen LogP contribution in [0.15, 0.2) is 143 Å². The molecule has 5 aromatic rings. The second-order valence-corrected chi connectivity index (χ2v) is 13.1. The Bertz CT molecular complexity index is 1440. The van der Waals surface area contributed by atoms with E-state index in [1.807, 2.05) is 24.3 Å². The second-order valence-electron chi connectivity index (χ2n) is 9.13. The monoisotopic (exact) mass is 595 g/mol. The predicted molar refractivity (Wildman–Crippen MR) is 168 cm³/mol. The van der Waals surface area contributed by atoms with Crippen LogP contribution in [0.25, 0.3) is 0 Å². The number of hydrogen-bond donors (Lipinski definition) is 0. The van der Waals surface area contributed by atoms with Crippen molar-refractivity contribution in [2.75, 3.05) is 13.7 Å². The highest BCUT2D eigenvalue weighted by atomic mass is 79.9. The molecule has 0 N–H and O–H groups in total. The van der Waals surface area contributed by atoms with Crippen molar-refractivity contribution < 1.29 is 9.47 Å². The molecule has 39 heavy (non-hydrogen) atoms. The summed E-state index contributed by atoms with van der Waals surface area (Å²) >= 11 is 3.77. The lowest BCUT2D eigenvalue weighted by atomic mass is 10.1. The molecule has 0 spiro atoms. The van der Waals surface area contributed by atoms with E-state index in [4.69, 9.17) is 14.2 Å². The number of halogens is 1. The maximum Gasteiger partial charge on any atom is 0.162 e. The average Bonchev–Trinajstić information content (AvgIpc) is 3.01. The quantitative estimate of drug-likeness (QED) is 0.154. The lowest BCUT2D eigenvalue weighted by Crippen LogP contribution is -2.25. The van der Waals surface area contributed by atoms with Crippen LogP contribution in [0.5, 0.6) is 11.5 Å². The van der Waals surface area contributed by atoms with E-state index in [9.17, 15) is 0 Å².